The topological polar surface area (TPSA) is 43.8 Å². The van der Waals surface area contributed by atoms with Crippen LogP contribution in [0.4, 0.5) is 0 Å². The van der Waals surface area contributed by atoms with E-state index in [0.29, 0.717) is 6.54 Å². The number of hydrogen-bond acceptors (Lipinski definition) is 2. The number of nitrogens with two attached hydrogens (primary N) is 1. The Bertz CT molecular complexity index is 521. The van der Waals surface area contributed by atoms with Crippen molar-refractivity contribution in [2.45, 2.75) is 25.2 Å². The molecule has 2 N–H and O–H groups in total. The maximum absolute atomic E-state index is 5.82. The Kier molecular flexibility index (Phi) is 2.30. The first kappa shape index (κ1) is 10.5. The molecule has 1 aromatic heterocycles. The van der Waals surface area contributed by atoms with Gasteiger partial charge in [0.05, 0.1) is 11.4 Å². The third kappa shape index (κ3) is 1.76. The number of benzene rings is 1. The van der Waals surface area contributed by atoms with Gasteiger partial charge in [-0.25, -0.2) is 4.68 Å². The van der Waals surface area contributed by atoms with Crippen LogP contribution in [0.5, 0.6) is 0 Å². The summed E-state index contributed by atoms with van der Waals surface area (Å²) in [5.41, 5.74) is 9.51. The third-order valence-corrected chi connectivity index (χ3v) is 3.68. The molecule has 0 bridgehead atoms. The SMILES string of the molecule is Cc1ccc(-n2ccc(C3(CN)CC3)n2)cc1. The van der Waals surface area contributed by atoms with Gasteiger partial charge in [-0.3, -0.25) is 0 Å². The molecule has 2 aromatic rings. The van der Waals surface area contributed by atoms with Crippen molar-refractivity contribution in [3.63, 3.8) is 0 Å². The Labute approximate surface area is 101 Å². The molecule has 1 fully saturated rings. The summed E-state index contributed by atoms with van der Waals surface area (Å²) in [4.78, 5) is 0. The van der Waals surface area contributed by atoms with Crippen molar-refractivity contribution in [3.8, 4) is 5.69 Å². The standard InChI is InChI=1S/C14H17N3/c1-11-2-4-12(5-3-11)17-9-6-13(16-17)14(10-15)7-8-14/h2-6,9H,7-8,10,15H2,1H3. The highest BCUT2D eigenvalue weighted by molar-refractivity contribution is 5.35. The van der Waals surface area contributed by atoms with Gasteiger partial charge < -0.3 is 5.73 Å². The predicted molar refractivity (Wildman–Crippen MR) is 68.3 cm³/mol. The molecule has 1 aromatic carbocycles. The van der Waals surface area contributed by atoms with E-state index in [2.05, 4.69) is 42.4 Å². The lowest BCUT2D eigenvalue weighted by molar-refractivity contribution is 0.661. The van der Waals surface area contributed by atoms with Gasteiger partial charge in [-0.2, -0.15) is 5.10 Å². The van der Waals surface area contributed by atoms with Gasteiger partial charge in [0.15, 0.2) is 0 Å². The molecule has 1 heterocycles. The van der Waals surface area contributed by atoms with Gasteiger partial charge in [-0.1, -0.05) is 17.7 Å². The maximum atomic E-state index is 5.82. The molecule has 1 saturated carbocycles. The average molecular weight is 227 g/mol. The monoisotopic (exact) mass is 227 g/mol. The van der Waals surface area contributed by atoms with Crippen LogP contribution in [0.3, 0.4) is 0 Å². The van der Waals surface area contributed by atoms with Gasteiger partial charge in [0.25, 0.3) is 0 Å². The van der Waals surface area contributed by atoms with Gasteiger partial charge in [0.2, 0.25) is 0 Å². The predicted octanol–water partition coefficient (Wildman–Crippen LogP) is 2.17. The first-order valence-electron chi connectivity index (χ1n) is 6.07. The Morgan fingerprint density at radius 1 is 1.24 bits per heavy atom. The summed E-state index contributed by atoms with van der Waals surface area (Å²) in [5, 5.41) is 4.65. The second-order valence-corrected chi connectivity index (χ2v) is 4.97. The minimum atomic E-state index is 0.177. The van der Waals surface area contributed by atoms with E-state index in [0.717, 1.165) is 11.4 Å². The zero-order valence-electron chi connectivity index (χ0n) is 10.1. The maximum Gasteiger partial charge on any atom is 0.0703 e. The fraction of sp³-hybridized carbons (Fsp3) is 0.357. The van der Waals surface area contributed by atoms with Crippen LogP contribution >= 0.6 is 0 Å². The van der Waals surface area contributed by atoms with E-state index in [-0.39, 0.29) is 5.41 Å². The highest BCUT2D eigenvalue weighted by Gasteiger charge is 2.44. The largest absolute Gasteiger partial charge is 0.330 e. The van der Waals surface area contributed by atoms with Crippen LogP contribution in [0.15, 0.2) is 36.5 Å². The highest BCUT2D eigenvalue weighted by Crippen LogP contribution is 2.46. The summed E-state index contributed by atoms with van der Waals surface area (Å²) in [6.45, 7) is 2.80. The second-order valence-electron chi connectivity index (χ2n) is 4.97. The number of aryl methyl sites for hydroxylation is 1. The average Bonchev–Trinajstić information content (AvgIpc) is 3.00. The third-order valence-electron chi connectivity index (χ3n) is 3.68. The van der Waals surface area contributed by atoms with Crippen LogP contribution in [0.25, 0.3) is 5.69 Å². The summed E-state index contributed by atoms with van der Waals surface area (Å²) in [5.74, 6) is 0. The summed E-state index contributed by atoms with van der Waals surface area (Å²) >= 11 is 0. The molecule has 3 nitrogen and oxygen atoms in total. The van der Waals surface area contributed by atoms with E-state index in [1.165, 1.54) is 18.4 Å². The highest BCUT2D eigenvalue weighted by atomic mass is 15.3. The molecular formula is C14H17N3. The van der Waals surface area contributed by atoms with Crippen molar-refractivity contribution in [2.24, 2.45) is 5.73 Å². The van der Waals surface area contributed by atoms with Crippen LogP contribution in [0.2, 0.25) is 0 Å². The first-order chi connectivity index (χ1) is 8.23. The smallest absolute Gasteiger partial charge is 0.0703 e. The fourth-order valence-corrected chi connectivity index (χ4v) is 2.16. The second kappa shape index (κ2) is 3.70. The minimum absolute atomic E-state index is 0.177. The molecule has 0 unspecified atom stereocenters. The Balaban J connectivity index is 1.92. The van der Waals surface area contributed by atoms with Crippen LogP contribution in [0.1, 0.15) is 24.1 Å². The summed E-state index contributed by atoms with van der Waals surface area (Å²) in [7, 11) is 0. The molecule has 3 rings (SSSR count). The number of hydrogen-bond donors (Lipinski definition) is 1. The molecule has 0 spiro atoms. The summed E-state index contributed by atoms with van der Waals surface area (Å²) in [6, 6.07) is 10.5. The van der Waals surface area contributed by atoms with Crippen molar-refractivity contribution in [3.05, 3.63) is 47.8 Å². The van der Waals surface area contributed by atoms with Crippen molar-refractivity contribution in [1.29, 1.82) is 0 Å². The molecule has 17 heavy (non-hydrogen) atoms. The van der Waals surface area contributed by atoms with E-state index in [4.69, 9.17) is 5.73 Å². The van der Waals surface area contributed by atoms with Gasteiger partial charge in [-0.05, 0) is 38.0 Å². The molecule has 0 radical (unpaired) electrons. The first-order valence-corrected chi connectivity index (χ1v) is 6.07. The van der Waals surface area contributed by atoms with Crippen LogP contribution in [-0.2, 0) is 5.41 Å². The van der Waals surface area contributed by atoms with Gasteiger partial charge in [0.1, 0.15) is 0 Å². The van der Waals surface area contributed by atoms with E-state index < -0.39 is 0 Å². The molecule has 0 atom stereocenters. The van der Waals surface area contributed by atoms with Gasteiger partial charge >= 0.3 is 0 Å². The van der Waals surface area contributed by atoms with Gasteiger partial charge in [0, 0.05) is 18.2 Å². The molecule has 1 aliphatic carbocycles. The molecular weight excluding hydrogens is 210 g/mol. The zero-order valence-corrected chi connectivity index (χ0v) is 10.1. The molecule has 88 valence electrons. The van der Waals surface area contributed by atoms with E-state index in [1.54, 1.807) is 0 Å². The molecule has 1 aliphatic rings. The van der Waals surface area contributed by atoms with Crippen molar-refractivity contribution in [1.82, 2.24) is 9.78 Å². The van der Waals surface area contributed by atoms with Crippen molar-refractivity contribution < 1.29 is 0 Å². The summed E-state index contributed by atoms with van der Waals surface area (Å²) < 4.78 is 1.94. The van der Waals surface area contributed by atoms with Crippen LogP contribution in [-0.4, -0.2) is 16.3 Å². The van der Waals surface area contributed by atoms with Crippen LogP contribution in [0, 0.1) is 6.92 Å². The summed E-state index contributed by atoms with van der Waals surface area (Å²) in [6.07, 6.45) is 4.37. The molecule has 3 heteroatoms. The molecule has 0 saturated heterocycles. The lowest BCUT2D eigenvalue weighted by Crippen LogP contribution is -2.20. The Morgan fingerprint density at radius 3 is 2.53 bits per heavy atom. The molecule has 0 amide bonds. The van der Waals surface area contributed by atoms with Gasteiger partial charge in [-0.15, -0.1) is 0 Å². The quantitative estimate of drug-likeness (QED) is 0.873. The van der Waals surface area contributed by atoms with Crippen LogP contribution < -0.4 is 5.73 Å². The minimum Gasteiger partial charge on any atom is -0.330 e. The lowest BCUT2D eigenvalue weighted by Gasteiger charge is -2.08. The number of aromatic nitrogens is 2. The normalized spacial score (nSPS) is 17.1. The van der Waals surface area contributed by atoms with Crippen molar-refractivity contribution in [2.75, 3.05) is 6.54 Å². The van der Waals surface area contributed by atoms with E-state index in [9.17, 15) is 0 Å². The number of nitrogens with zero attached hydrogens (tertiary/aromatic N) is 2. The Morgan fingerprint density at radius 2 is 1.94 bits per heavy atom. The number of rotatable bonds is 3. The Hall–Kier alpha value is -1.61. The lowest BCUT2D eigenvalue weighted by atomic mass is 10.0. The van der Waals surface area contributed by atoms with E-state index >= 15 is 0 Å². The molecule has 0 aliphatic heterocycles. The zero-order chi connectivity index (χ0) is 11.9. The van der Waals surface area contributed by atoms with Crippen molar-refractivity contribution >= 4 is 0 Å². The fourth-order valence-electron chi connectivity index (χ4n) is 2.16. The van der Waals surface area contributed by atoms with E-state index in [1.807, 2.05) is 10.9 Å².